The van der Waals surface area contributed by atoms with Crippen LogP contribution in [0.5, 0.6) is 0 Å². The van der Waals surface area contributed by atoms with Crippen molar-refractivity contribution >= 4 is 17.5 Å². The fraction of sp³-hybridized carbons (Fsp3) is 0.625. The summed E-state index contributed by atoms with van der Waals surface area (Å²) in [6.07, 6.45) is 5.48. The zero-order chi connectivity index (χ0) is 15.2. The second-order valence-electron chi connectivity index (χ2n) is 5.74. The van der Waals surface area contributed by atoms with Crippen molar-refractivity contribution in [3.63, 3.8) is 0 Å². The Bertz CT molecular complexity index is 493. The lowest BCUT2D eigenvalue weighted by atomic mass is 9.86. The minimum Gasteiger partial charge on any atom is -0.393 e. The number of aryl methyl sites for hydroxylation is 1. The van der Waals surface area contributed by atoms with Crippen LogP contribution >= 0.6 is 11.6 Å². The molecule has 0 radical (unpaired) electrons. The zero-order valence-electron chi connectivity index (χ0n) is 12.4. The fourth-order valence-electron chi connectivity index (χ4n) is 2.82. The molecule has 2 rings (SSSR count). The van der Waals surface area contributed by atoms with Crippen molar-refractivity contribution < 1.29 is 9.90 Å². The van der Waals surface area contributed by atoms with E-state index < -0.39 is 0 Å². The van der Waals surface area contributed by atoms with Gasteiger partial charge in [0.25, 0.3) is 5.91 Å². The summed E-state index contributed by atoms with van der Waals surface area (Å²) in [5, 5.41) is 13.2. The molecule has 116 valence electrons. The van der Waals surface area contributed by atoms with E-state index >= 15 is 0 Å². The van der Waals surface area contributed by atoms with Gasteiger partial charge in [-0.3, -0.25) is 4.79 Å². The Labute approximate surface area is 130 Å². The van der Waals surface area contributed by atoms with Gasteiger partial charge in [-0.15, -0.1) is 0 Å². The number of nitrogens with zero attached hydrogens (tertiary/aromatic N) is 1. The average molecular weight is 311 g/mol. The molecule has 4 nitrogen and oxygen atoms in total. The lowest BCUT2D eigenvalue weighted by Gasteiger charge is -2.27. The highest BCUT2D eigenvalue weighted by Gasteiger charge is 2.23. The summed E-state index contributed by atoms with van der Waals surface area (Å²) in [4.78, 5) is 16.4. The molecule has 21 heavy (non-hydrogen) atoms. The van der Waals surface area contributed by atoms with Crippen LogP contribution in [0.4, 0.5) is 0 Å². The zero-order valence-corrected chi connectivity index (χ0v) is 13.2. The Hall–Kier alpha value is -1.13. The monoisotopic (exact) mass is 310 g/mol. The molecular weight excluding hydrogens is 288 g/mol. The molecule has 1 amide bonds. The molecule has 5 heteroatoms. The predicted molar refractivity (Wildman–Crippen MR) is 83.5 cm³/mol. The van der Waals surface area contributed by atoms with Crippen molar-refractivity contribution in [2.24, 2.45) is 5.92 Å². The molecule has 1 aliphatic rings. The van der Waals surface area contributed by atoms with Crippen LogP contribution in [0.1, 0.15) is 55.1 Å². The number of aliphatic hydroxyl groups excluding tert-OH is 1. The molecule has 2 N–H and O–H groups in total. The van der Waals surface area contributed by atoms with Gasteiger partial charge in [0.1, 0.15) is 5.15 Å². The fourth-order valence-corrected chi connectivity index (χ4v) is 3.04. The van der Waals surface area contributed by atoms with E-state index in [0.717, 1.165) is 44.2 Å². The molecule has 0 saturated heterocycles. The maximum Gasteiger partial charge on any atom is 0.251 e. The molecule has 0 bridgehead atoms. The van der Waals surface area contributed by atoms with Gasteiger partial charge in [0, 0.05) is 23.7 Å². The first-order valence-corrected chi connectivity index (χ1v) is 8.10. The minimum absolute atomic E-state index is 0.144. The maximum atomic E-state index is 12.2. The predicted octanol–water partition coefficient (Wildman–Crippen LogP) is 2.97. The number of carbonyl (C=O) groups is 1. The lowest BCUT2D eigenvalue weighted by molar-refractivity contribution is 0.0663. The van der Waals surface area contributed by atoms with E-state index in [0.29, 0.717) is 17.3 Å². The first-order chi connectivity index (χ1) is 10.1. The molecule has 1 saturated carbocycles. The number of hydrogen-bond donors (Lipinski definition) is 2. The van der Waals surface area contributed by atoms with Gasteiger partial charge in [-0.1, -0.05) is 37.8 Å². The van der Waals surface area contributed by atoms with E-state index in [1.54, 1.807) is 12.1 Å². The Kier molecular flexibility index (Phi) is 6.00. The molecule has 2 unspecified atom stereocenters. The van der Waals surface area contributed by atoms with Crippen molar-refractivity contribution in [2.45, 2.75) is 51.6 Å². The molecular formula is C16H23ClN2O2. The van der Waals surface area contributed by atoms with Crippen LogP contribution in [-0.2, 0) is 6.42 Å². The van der Waals surface area contributed by atoms with Crippen molar-refractivity contribution in [3.8, 4) is 0 Å². The van der Waals surface area contributed by atoms with Gasteiger partial charge in [-0.2, -0.15) is 0 Å². The first kappa shape index (κ1) is 16.2. The normalized spacial score (nSPS) is 22.0. The van der Waals surface area contributed by atoms with Gasteiger partial charge in [0.15, 0.2) is 0 Å². The highest BCUT2D eigenvalue weighted by Crippen LogP contribution is 2.23. The second-order valence-corrected chi connectivity index (χ2v) is 6.13. The Morgan fingerprint density at radius 2 is 2.19 bits per heavy atom. The third-order valence-electron chi connectivity index (χ3n) is 4.01. The highest BCUT2D eigenvalue weighted by atomic mass is 35.5. The lowest BCUT2D eigenvalue weighted by Crippen LogP contribution is -2.36. The number of halogens is 1. The van der Waals surface area contributed by atoms with Crippen LogP contribution in [0, 0.1) is 5.92 Å². The summed E-state index contributed by atoms with van der Waals surface area (Å²) < 4.78 is 0. The SMILES string of the molecule is CCCc1cc(C(=O)NCC2CCCCC2O)cc(Cl)n1. The quantitative estimate of drug-likeness (QED) is 0.822. The van der Waals surface area contributed by atoms with Crippen LogP contribution in [-0.4, -0.2) is 28.6 Å². The topological polar surface area (TPSA) is 62.2 Å². The van der Waals surface area contributed by atoms with Crippen molar-refractivity contribution in [1.82, 2.24) is 10.3 Å². The maximum absolute atomic E-state index is 12.2. The number of nitrogens with one attached hydrogen (secondary N) is 1. The molecule has 2 atom stereocenters. The third-order valence-corrected chi connectivity index (χ3v) is 4.20. The Morgan fingerprint density at radius 3 is 2.90 bits per heavy atom. The van der Waals surface area contributed by atoms with Gasteiger partial charge < -0.3 is 10.4 Å². The van der Waals surface area contributed by atoms with Crippen molar-refractivity contribution in [2.75, 3.05) is 6.54 Å². The van der Waals surface area contributed by atoms with E-state index in [-0.39, 0.29) is 17.9 Å². The minimum atomic E-state index is -0.296. The van der Waals surface area contributed by atoms with Crippen LogP contribution in [0.3, 0.4) is 0 Å². The summed E-state index contributed by atoms with van der Waals surface area (Å²) in [6.45, 7) is 2.58. The van der Waals surface area contributed by atoms with Crippen molar-refractivity contribution in [1.29, 1.82) is 0 Å². The molecule has 1 aromatic heterocycles. The molecule has 0 spiro atoms. The number of rotatable bonds is 5. The van der Waals surface area contributed by atoms with E-state index in [2.05, 4.69) is 17.2 Å². The van der Waals surface area contributed by atoms with Gasteiger partial charge in [-0.05, 0) is 31.4 Å². The molecule has 1 aromatic rings. The van der Waals surface area contributed by atoms with E-state index in [1.807, 2.05) is 0 Å². The van der Waals surface area contributed by atoms with Crippen LogP contribution in [0.2, 0.25) is 5.15 Å². The molecule has 1 heterocycles. The number of amides is 1. The van der Waals surface area contributed by atoms with Gasteiger partial charge in [0.2, 0.25) is 0 Å². The molecule has 1 aliphatic carbocycles. The first-order valence-electron chi connectivity index (χ1n) is 7.73. The molecule has 1 fully saturated rings. The highest BCUT2D eigenvalue weighted by molar-refractivity contribution is 6.29. The summed E-state index contributed by atoms with van der Waals surface area (Å²) >= 11 is 5.97. The van der Waals surface area contributed by atoms with Crippen molar-refractivity contribution in [3.05, 3.63) is 28.5 Å². The number of pyridine rings is 1. The molecule has 0 aliphatic heterocycles. The van der Waals surface area contributed by atoms with E-state index in [4.69, 9.17) is 11.6 Å². The second kappa shape index (κ2) is 7.76. The largest absolute Gasteiger partial charge is 0.393 e. The number of hydrogen-bond acceptors (Lipinski definition) is 3. The van der Waals surface area contributed by atoms with Crippen LogP contribution in [0.15, 0.2) is 12.1 Å². The summed E-state index contributed by atoms with van der Waals surface area (Å²) in [7, 11) is 0. The van der Waals surface area contributed by atoms with Crippen LogP contribution in [0.25, 0.3) is 0 Å². The average Bonchev–Trinajstić information content (AvgIpc) is 2.46. The smallest absolute Gasteiger partial charge is 0.251 e. The van der Waals surface area contributed by atoms with Gasteiger partial charge >= 0.3 is 0 Å². The number of carbonyl (C=O) groups excluding carboxylic acids is 1. The van der Waals surface area contributed by atoms with Gasteiger partial charge in [0.05, 0.1) is 6.10 Å². The number of aliphatic hydroxyl groups is 1. The Morgan fingerprint density at radius 1 is 1.43 bits per heavy atom. The van der Waals surface area contributed by atoms with Gasteiger partial charge in [-0.25, -0.2) is 4.98 Å². The number of aromatic nitrogens is 1. The third kappa shape index (κ3) is 4.68. The summed E-state index contributed by atoms with van der Waals surface area (Å²) in [5.74, 6) is 0.0181. The summed E-state index contributed by atoms with van der Waals surface area (Å²) in [6, 6.07) is 3.38. The molecule has 0 aromatic carbocycles. The van der Waals surface area contributed by atoms with E-state index in [9.17, 15) is 9.90 Å². The summed E-state index contributed by atoms with van der Waals surface area (Å²) in [5.41, 5.74) is 1.39. The Balaban J connectivity index is 1.96. The standard InChI is InChI=1S/C16H23ClN2O2/c1-2-5-13-8-12(9-15(17)19-13)16(21)18-10-11-6-3-4-7-14(11)20/h8-9,11,14,20H,2-7,10H2,1H3,(H,18,21). The van der Waals surface area contributed by atoms with Crippen LogP contribution < -0.4 is 5.32 Å². The van der Waals surface area contributed by atoms with E-state index in [1.165, 1.54) is 0 Å².